The summed E-state index contributed by atoms with van der Waals surface area (Å²) in [6.45, 7) is 4.66. The number of hydrogen-bond donors (Lipinski definition) is 2. The molecule has 1 amide bonds. The van der Waals surface area contributed by atoms with Gasteiger partial charge in [-0.25, -0.2) is 8.42 Å². The number of aromatic nitrogens is 1. The minimum absolute atomic E-state index is 0.152. The fourth-order valence-electron chi connectivity index (χ4n) is 4.16. The van der Waals surface area contributed by atoms with E-state index in [4.69, 9.17) is 15.5 Å². The molecule has 0 spiro atoms. The first-order chi connectivity index (χ1) is 16.4. The monoisotopic (exact) mass is 519 g/mol. The minimum Gasteiger partial charge on any atom is -0.379 e. The topological polar surface area (TPSA) is 121 Å². The Morgan fingerprint density at radius 1 is 1.26 bits per heavy atom. The number of ether oxygens (including phenoxy) is 1. The van der Waals surface area contributed by atoms with E-state index in [0.717, 1.165) is 71.2 Å². The number of thioether (sulfide) groups is 1. The lowest BCUT2D eigenvalue weighted by Gasteiger charge is -2.28. The van der Waals surface area contributed by atoms with E-state index in [-0.39, 0.29) is 4.21 Å². The average molecular weight is 520 g/mol. The highest BCUT2D eigenvalue weighted by Crippen LogP contribution is 2.34. The number of fused-ring (bicyclic) bond motifs is 1. The standard InChI is InChI=1S/C22H25N5O4S3/c23-19(28)14-27(34(29,30)20-5-2-10-32-20)18-4-1-3-15-11-17(25-21(15)18)22-24-12-16(33-22)13-26-6-8-31-9-7-26/h1-5,10-11,16,25H,6-9,12-14H2,(H2,23,28). The molecule has 4 heterocycles. The summed E-state index contributed by atoms with van der Waals surface area (Å²) in [6.07, 6.45) is 0. The number of nitrogens with zero attached hydrogens (tertiary/aromatic N) is 3. The van der Waals surface area contributed by atoms with Gasteiger partial charge < -0.3 is 15.5 Å². The molecule has 34 heavy (non-hydrogen) atoms. The molecule has 2 aliphatic rings. The Bertz CT molecular complexity index is 1310. The predicted octanol–water partition coefficient (Wildman–Crippen LogP) is 2.10. The van der Waals surface area contributed by atoms with Crippen molar-refractivity contribution in [1.82, 2.24) is 9.88 Å². The third-order valence-corrected chi connectivity index (χ3v) is 10.1. The van der Waals surface area contributed by atoms with Gasteiger partial charge in [-0.2, -0.15) is 0 Å². The van der Waals surface area contributed by atoms with Crippen molar-refractivity contribution in [2.24, 2.45) is 10.7 Å². The molecule has 0 bridgehead atoms. The van der Waals surface area contributed by atoms with E-state index in [1.807, 2.05) is 12.1 Å². The number of carbonyl (C=O) groups excluding carboxylic acids is 1. The van der Waals surface area contributed by atoms with E-state index in [0.29, 0.717) is 16.5 Å². The highest BCUT2D eigenvalue weighted by atomic mass is 32.2. The summed E-state index contributed by atoms with van der Waals surface area (Å²) < 4.78 is 33.3. The Kier molecular flexibility index (Phi) is 6.67. The number of sulfonamides is 1. The predicted molar refractivity (Wildman–Crippen MR) is 136 cm³/mol. The maximum Gasteiger partial charge on any atom is 0.274 e. The molecule has 0 radical (unpaired) electrons. The van der Waals surface area contributed by atoms with Gasteiger partial charge in [-0.3, -0.25) is 19.0 Å². The van der Waals surface area contributed by atoms with Crippen LogP contribution in [0.15, 0.2) is 51.0 Å². The van der Waals surface area contributed by atoms with Crippen LogP contribution in [-0.2, 0) is 19.6 Å². The Hall–Kier alpha value is -2.38. The van der Waals surface area contributed by atoms with Gasteiger partial charge in [0, 0.05) is 30.3 Å². The summed E-state index contributed by atoms with van der Waals surface area (Å²) >= 11 is 2.83. The molecule has 1 fully saturated rings. The van der Waals surface area contributed by atoms with Crippen molar-refractivity contribution in [3.05, 3.63) is 47.5 Å². The number of anilines is 1. The van der Waals surface area contributed by atoms with Crippen LogP contribution in [0.25, 0.3) is 10.9 Å². The fourth-order valence-corrected chi connectivity index (χ4v) is 7.84. The van der Waals surface area contributed by atoms with Gasteiger partial charge in [-0.1, -0.05) is 30.0 Å². The second kappa shape index (κ2) is 9.70. The minimum atomic E-state index is -3.95. The normalized spacial score (nSPS) is 19.4. The van der Waals surface area contributed by atoms with Gasteiger partial charge in [-0.05, 0) is 23.6 Å². The number of para-hydroxylation sites is 1. The molecule has 1 unspecified atom stereocenters. The van der Waals surface area contributed by atoms with Crippen LogP contribution in [0.1, 0.15) is 5.69 Å². The molecule has 5 rings (SSSR count). The van der Waals surface area contributed by atoms with Crippen molar-refractivity contribution in [3.63, 3.8) is 0 Å². The Morgan fingerprint density at radius 2 is 2.09 bits per heavy atom. The SMILES string of the molecule is NC(=O)CN(c1cccc2cc(C3=NCC(CN4CCOCC4)S3)[nH]c12)S(=O)(=O)c1cccs1. The van der Waals surface area contributed by atoms with Crippen LogP contribution in [0.4, 0.5) is 5.69 Å². The molecule has 2 aliphatic heterocycles. The zero-order chi connectivity index (χ0) is 23.7. The van der Waals surface area contributed by atoms with Crippen LogP contribution in [0.3, 0.4) is 0 Å². The molecule has 9 nitrogen and oxygen atoms in total. The van der Waals surface area contributed by atoms with Gasteiger partial charge >= 0.3 is 0 Å². The Labute approximate surface area is 206 Å². The number of benzene rings is 1. The zero-order valence-corrected chi connectivity index (χ0v) is 20.8. The van der Waals surface area contributed by atoms with Crippen LogP contribution in [-0.4, -0.2) is 80.4 Å². The van der Waals surface area contributed by atoms with Crippen molar-refractivity contribution >= 4 is 60.7 Å². The van der Waals surface area contributed by atoms with Crippen molar-refractivity contribution in [1.29, 1.82) is 0 Å². The second-order valence-corrected chi connectivity index (χ2v) is 12.5. The number of rotatable bonds is 8. The molecule has 3 N–H and O–H groups in total. The van der Waals surface area contributed by atoms with Gasteiger partial charge in [0.2, 0.25) is 5.91 Å². The molecule has 0 aliphatic carbocycles. The van der Waals surface area contributed by atoms with Crippen molar-refractivity contribution in [2.45, 2.75) is 9.46 Å². The number of carbonyl (C=O) groups is 1. The van der Waals surface area contributed by atoms with Crippen LogP contribution in [0, 0.1) is 0 Å². The highest BCUT2D eigenvalue weighted by Gasteiger charge is 2.30. The average Bonchev–Trinajstić information content (AvgIpc) is 3.58. The number of morpholine rings is 1. The van der Waals surface area contributed by atoms with E-state index in [2.05, 4.69) is 9.88 Å². The number of hydrogen-bond acceptors (Lipinski definition) is 8. The van der Waals surface area contributed by atoms with Gasteiger partial charge in [0.15, 0.2) is 0 Å². The maximum absolute atomic E-state index is 13.3. The summed E-state index contributed by atoms with van der Waals surface area (Å²) in [5.41, 5.74) is 7.28. The van der Waals surface area contributed by atoms with Gasteiger partial charge in [-0.15, -0.1) is 11.3 Å². The molecule has 1 atom stereocenters. The number of aliphatic imine (C=N–C) groups is 1. The van der Waals surface area contributed by atoms with Gasteiger partial charge in [0.05, 0.1) is 36.7 Å². The number of primary amides is 1. The maximum atomic E-state index is 13.3. The lowest BCUT2D eigenvalue weighted by atomic mass is 10.2. The summed E-state index contributed by atoms with van der Waals surface area (Å²) in [6, 6.07) is 10.5. The first kappa shape index (κ1) is 23.4. The number of amides is 1. The Morgan fingerprint density at radius 3 is 2.82 bits per heavy atom. The molecular formula is C22H25N5O4S3. The van der Waals surface area contributed by atoms with Crippen LogP contribution in [0.5, 0.6) is 0 Å². The first-order valence-corrected chi connectivity index (χ1v) is 14.1. The lowest BCUT2D eigenvalue weighted by molar-refractivity contribution is -0.116. The molecule has 12 heteroatoms. The number of aromatic amines is 1. The van der Waals surface area contributed by atoms with Crippen LogP contribution < -0.4 is 10.0 Å². The number of thiophene rings is 1. The number of nitrogens with two attached hydrogens (primary N) is 1. The zero-order valence-electron chi connectivity index (χ0n) is 18.3. The molecule has 1 saturated heterocycles. The van der Waals surface area contributed by atoms with Crippen molar-refractivity contribution < 1.29 is 17.9 Å². The molecule has 180 valence electrons. The fraction of sp³-hybridized carbons (Fsp3) is 0.364. The van der Waals surface area contributed by atoms with E-state index in [1.54, 1.807) is 35.3 Å². The molecule has 1 aromatic carbocycles. The number of H-pyrrole nitrogens is 1. The summed E-state index contributed by atoms with van der Waals surface area (Å²) in [5, 5.41) is 3.79. The summed E-state index contributed by atoms with van der Waals surface area (Å²) in [4.78, 5) is 22.3. The van der Waals surface area contributed by atoms with Gasteiger partial charge in [0.25, 0.3) is 10.0 Å². The molecule has 2 aromatic heterocycles. The second-order valence-electron chi connectivity index (χ2n) is 8.13. The van der Waals surface area contributed by atoms with Crippen LogP contribution >= 0.6 is 23.1 Å². The largest absolute Gasteiger partial charge is 0.379 e. The van der Waals surface area contributed by atoms with E-state index < -0.39 is 22.5 Å². The quantitative estimate of drug-likeness (QED) is 0.470. The van der Waals surface area contributed by atoms with Crippen molar-refractivity contribution in [3.8, 4) is 0 Å². The molecular weight excluding hydrogens is 494 g/mol. The van der Waals surface area contributed by atoms with Gasteiger partial charge in [0.1, 0.15) is 15.8 Å². The van der Waals surface area contributed by atoms with E-state index in [9.17, 15) is 13.2 Å². The number of nitrogens with one attached hydrogen (secondary N) is 1. The summed E-state index contributed by atoms with van der Waals surface area (Å²) in [7, 11) is -3.95. The first-order valence-electron chi connectivity index (χ1n) is 10.9. The van der Waals surface area contributed by atoms with E-state index in [1.165, 1.54) is 6.07 Å². The van der Waals surface area contributed by atoms with Crippen molar-refractivity contribution in [2.75, 3.05) is 50.2 Å². The Balaban J connectivity index is 1.43. The smallest absolute Gasteiger partial charge is 0.274 e. The highest BCUT2D eigenvalue weighted by molar-refractivity contribution is 8.15. The summed E-state index contributed by atoms with van der Waals surface area (Å²) in [5.74, 6) is -0.731. The third kappa shape index (κ3) is 4.73. The van der Waals surface area contributed by atoms with E-state index >= 15 is 0 Å². The lowest BCUT2D eigenvalue weighted by Crippen LogP contribution is -2.40. The third-order valence-electron chi connectivity index (χ3n) is 5.75. The van der Waals surface area contributed by atoms with Crippen LogP contribution in [0.2, 0.25) is 0 Å². The molecule has 0 saturated carbocycles. The molecule has 3 aromatic rings.